The molecule has 4 saturated carbocycles. The summed E-state index contributed by atoms with van der Waals surface area (Å²) in [5.74, 6) is 2.30. The highest BCUT2D eigenvalue weighted by Gasteiger charge is 2.50. The van der Waals surface area contributed by atoms with Gasteiger partial charge in [-0.15, -0.1) is 0 Å². The van der Waals surface area contributed by atoms with Gasteiger partial charge in [-0.1, -0.05) is 13.8 Å². The Morgan fingerprint density at radius 3 is 2.23 bits per heavy atom. The summed E-state index contributed by atoms with van der Waals surface area (Å²) in [4.78, 5) is 38.4. The minimum atomic E-state index is -0.718. The van der Waals surface area contributed by atoms with Gasteiger partial charge in [0.1, 0.15) is 5.69 Å². The summed E-state index contributed by atoms with van der Waals surface area (Å²) in [6.07, 6.45) is 8.75. The number of ether oxygens (including phenoxy) is 1. The van der Waals surface area contributed by atoms with E-state index in [1.54, 1.807) is 12.1 Å². The highest BCUT2D eigenvalue weighted by molar-refractivity contribution is 5.93. The third kappa shape index (κ3) is 5.16. The Morgan fingerprint density at radius 2 is 1.66 bits per heavy atom. The van der Waals surface area contributed by atoms with E-state index in [0.717, 1.165) is 37.3 Å². The number of nitro groups is 1. The average Bonchev–Trinajstić information content (AvgIpc) is 2.79. The van der Waals surface area contributed by atoms with Gasteiger partial charge in [0.05, 0.1) is 10.5 Å². The molecule has 1 amide bonds. The zero-order chi connectivity index (χ0) is 24.7. The molecule has 8 heteroatoms. The number of carbonyl (C=O) groups is 2. The van der Waals surface area contributed by atoms with E-state index in [1.165, 1.54) is 44.6 Å². The van der Waals surface area contributed by atoms with Crippen LogP contribution in [0.25, 0.3) is 0 Å². The maximum atomic E-state index is 12.6. The predicted octanol–water partition coefficient (Wildman–Crippen LogP) is 4.57. The zero-order valence-electron chi connectivity index (χ0n) is 20.8. The molecule has 5 fully saturated rings. The van der Waals surface area contributed by atoms with Gasteiger partial charge in [0.25, 0.3) is 11.6 Å². The van der Waals surface area contributed by atoms with E-state index in [4.69, 9.17) is 4.74 Å². The molecule has 1 N–H and O–H groups in total. The predicted molar refractivity (Wildman–Crippen MR) is 132 cm³/mol. The van der Waals surface area contributed by atoms with Crippen molar-refractivity contribution in [3.63, 3.8) is 0 Å². The highest BCUT2D eigenvalue weighted by atomic mass is 16.6. The number of piperidine rings is 1. The first kappa shape index (κ1) is 24.1. The van der Waals surface area contributed by atoms with Crippen LogP contribution in [0.3, 0.4) is 0 Å². The maximum absolute atomic E-state index is 12.6. The number of anilines is 1. The largest absolute Gasteiger partial charge is 0.452 e. The van der Waals surface area contributed by atoms with Gasteiger partial charge in [0, 0.05) is 25.7 Å². The first-order valence-electron chi connectivity index (χ1n) is 13.2. The van der Waals surface area contributed by atoms with Crippen molar-refractivity contribution in [3.05, 3.63) is 33.9 Å². The van der Waals surface area contributed by atoms with E-state index in [9.17, 15) is 19.7 Å². The fourth-order valence-corrected chi connectivity index (χ4v) is 7.98. The lowest BCUT2D eigenvalue weighted by Gasteiger charge is -2.56. The summed E-state index contributed by atoms with van der Waals surface area (Å²) < 4.78 is 5.23. The summed E-state index contributed by atoms with van der Waals surface area (Å²) >= 11 is 0. The lowest BCUT2D eigenvalue weighted by atomic mass is 9.49. The first-order valence-corrected chi connectivity index (χ1v) is 13.2. The van der Waals surface area contributed by atoms with E-state index in [-0.39, 0.29) is 29.2 Å². The Balaban J connectivity index is 1.17. The molecular weight excluding hydrogens is 446 g/mol. The minimum Gasteiger partial charge on any atom is -0.452 e. The van der Waals surface area contributed by atoms with E-state index < -0.39 is 10.9 Å². The molecule has 1 aromatic carbocycles. The molecule has 4 bridgehead atoms. The van der Waals surface area contributed by atoms with E-state index >= 15 is 0 Å². The van der Waals surface area contributed by atoms with Crippen LogP contribution in [0, 0.1) is 45.1 Å². The van der Waals surface area contributed by atoms with Gasteiger partial charge >= 0.3 is 5.97 Å². The lowest BCUT2D eigenvalue weighted by molar-refractivity contribution is -0.384. The highest BCUT2D eigenvalue weighted by Crippen LogP contribution is 2.59. The number of benzene rings is 1. The molecule has 8 nitrogen and oxygen atoms in total. The average molecular weight is 484 g/mol. The number of amides is 1. The zero-order valence-corrected chi connectivity index (χ0v) is 20.8. The van der Waals surface area contributed by atoms with E-state index in [0.29, 0.717) is 24.1 Å². The molecule has 1 aromatic rings. The second kappa shape index (κ2) is 9.43. The van der Waals surface area contributed by atoms with Crippen LogP contribution in [-0.2, 0) is 9.53 Å². The summed E-state index contributed by atoms with van der Waals surface area (Å²) in [6.45, 7) is 6.07. The summed E-state index contributed by atoms with van der Waals surface area (Å²) in [6, 6.07) is 4.46. The van der Waals surface area contributed by atoms with Gasteiger partial charge in [-0.3, -0.25) is 14.9 Å². The molecule has 1 aliphatic heterocycles. The fourth-order valence-electron chi connectivity index (χ4n) is 7.98. The molecule has 4 aliphatic carbocycles. The van der Waals surface area contributed by atoms with Crippen LogP contribution in [0.4, 0.5) is 11.4 Å². The summed E-state index contributed by atoms with van der Waals surface area (Å²) in [5.41, 5.74) is 0.728. The standard InChI is InChI=1S/C27H37N3O5/c1-17-5-18(2)14-29(13-17)23-4-3-22(9-24(23)30(33)34)26(32)35-15-25(31)28-16-27-10-19-6-20(11-27)8-21(7-19)12-27/h3-4,9,17-21H,5-8,10-16H2,1-2H3,(H,28,31)/t17-,18-,19?,20?,21?,27?/m0/s1. The number of nitrogens with one attached hydrogen (secondary N) is 1. The Hall–Kier alpha value is -2.64. The minimum absolute atomic E-state index is 0.0902. The van der Waals surface area contributed by atoms with Gasteiger partial charge in [0.15, 0.2) is 6.61 Å². The van der Waals surface area contributed by atoms with E-state index in [2.05, 4.69) is 19.2 Å². The van der Waals surface area contributed by atoms with Crippen molar-refractivity contribution >= 4 is 23.3 Å². The molecule has 0 aromatic heterocycles. The molecular formula is C27H37N3O5. The number of esters is 1. The summed E-state index contributed by atoms with van der Waals surface area (Å²) in [5, 5.41) is 14.8. The Kier molecular flexibility index (Phi) is 6.49. The van der Waals surface area contributed by atoms with Crippen molar-refractivity contribution in [3.8, 4) is 0 Å². The van der Waals surface area contributed by atoms with Crippen LogP contribution in [0.5, 0.6) is 0 Å². The second-order valence-corrected chi connectivity index (χ2v) is 12.1. The Labute approximate surface area is 206 Å². The topological polar surface area (TPSA) is 102 Å². The van der Waals surface area contributed by atoms with Crippen molar-refractivity contribution in [2.45, 2.75) is 58.8 Å². The van der Waals surface area contributed by atoms with Crippen molar-refractivity contribution < 1.29 is 19.2 Å². The number of carbonyl (C=O) groups excluding carboxylic acids is 2. The number of nitro benzene ring substituents is 1. The van der Waals surface area contributed by atoms with Crippen molar-refractivity contribution in [1.29, 1.82) is 0 Å². The monoisotopic (exact) mass is 483 g/mol. The lowest BCUT2D eigenvalue weighted by Crippen LogP contribution is -2.51. The molecule has 35 heavy (non-hydrogen) atoms. The number of hydrogen-bond donors (Lipinski definition) is 1. The van der Waals surface area contributed by atoms with Crippen LogP contribution >= 0.6 is 0 Å². The van der Waals surface area contributed by atoms with E-state index in [1.807, 2.05) is 4.90 Å². The van der Waals surface area contributed by atoms with Crippen molar-refractivity contribution in [2.75, 3.05) is 31.1 Å². The SMILES string of the molecule is C[C@H]1C[C@H](C)CN(c2ccc(C(=O)OCC(=O)NCC34CC5CC(CC(C5)C3)C4)cc2[N+](=O)[O-])C1. The number of rotatable bonds is 7. The quantitative estimate of drug-likeness (QED) is 0.346. The summed E-state index contributed by atoms with van der Waals surface area (Å²) in [7, 11) is 0. The Bertz CT molecular complexity index is 963. The molecule has 0 unspecified atom stereocenters. The normalized spacial score (nSPS) is 33.4. The third-order valence-corrected chi connectivity index (χ3v) is 8.78. The van der Waals surface area contributed by atoms with Gasteiger partial charge in [-0.05, 0) is 92.1 Å². The van der Waals surface area contributed by atoms with Crippen LogP contribution in [0.15, 0.2) is 18.2 Å². The molecule has 5 aliphatic rings. The van der Waals surface area contributed by atoms with Crippen LogP contribution in [0.1, 0.15) is 69.2 Å². The number of nitrogens with zero attached hydrogens (tertiary/aromatic N) is 2. The second-order valence-electron chi connectivity index (χ2n) is 12.1. The van der Waals surface area contributed by atoms with Gasteiger partial charge < -0.3 is 15.0 Å². The third-order valence-electron chi connectivity index (χ3n) is 8.78. The smallest absolute Gasteiger partial charge is 0.338 e. The Morgan fingerprint density at radius 1 is 1.06 bits per heavy atom. The fraction of sp³-hybridized carbons (Fsp3) is 0.704. The van der Waals surface area contributed by atoms with Crippen LogP contribution in [-0.4, -0.2) is 43.0 Å². The van der Waals surface area contributed by atoms with Gasteiger partial charge in [-0.2, -0.15) is 0 Å². The maximum Gasteiger partial charge on any atom is 0.338 e. The molecule has 1 heterocycles. The van der Waals surface area contributed by atoms with Crippen LogP contribution in [0.2, 0.25) is 0 Å². The molecule has 2 atom stereocenters. The molecule has 0 radical (unpaired) electrons. The van der Waals surface area contributed by atoms with Crippen molar-refractivity contribution in [2.24, 2.45) is 35.0 Å². The molecule has 0 spiro atoms. The van der Waals surface area contributed by atoms with Crippen LogP contribution < -0.4 is 10.2 Å². The van der Waals surface area contributed by atoms with Gasteiger partial charge in [0.2, 0.25) is 0 Å². The van der Waals surface area contributed by atoms with Gasteiger partial charge in [-0.25, -0.2) is 4.79 Å². The number of hydrogen-bond acceptors (Lipinski definition) is 6. The molecule has 6 rings (SSSR count). The first-order chi connectivity index (χ1) is 16.7. The van der Waals surface area contributed by atoms with Crippen molar-refractivity contribution in [1.82, 2.24) is 5.32 Å². The molecule has 190 valence electrons. The molecule has 1 saturated heterocycles.